The van der Waals surface area contributed by atoms with Gasteiger partial charge in [-0.05, 0) is 25.2 Å². The minimum Gasteiger partial charge on any atom is -0.384 e. The van der Waals surface area contributed by atoms with Gasteiger partial charge in [-0.2, -0.15) is 13.2 Å². The number of halogens is 4. The summed E-state index contributed by atoms with van der Waals surface area (Å²) in [5.41, 5.74) is 0.952. The van der Waals surface area contributed by atoms with Crippen molar-refractivity contribution in [1.29, 1.82) is 0 Å². The predicted octanol–water partition coefficient (Wildman–Crippen LogP) is 3.75. The van der Waals surface area contributed by atoms with Crippen molar-refractivity contribution < 1.29 is 13.2 Å². The Morgan fingerprint density at radius 1 is 1.28 bits per heavy atom. The van der Waals surface area contributed by atoms with Crippen molar-refractivity contribution in [2.24, 2.45) is 0 Å². The van der Waals surface area contributed by atoms with Gasteiger partial charge >= 0.3 is 6.18 Å². The molecule has 1 N–H and O–H groups in total. The van der Waals surface area contributed by atoms with Gasteiger partial charge in [0.25, 0.3) is 0 Å². The van der Waals surface area contributed by atoms with Crippen LogP contribution in [-0.2, 0) is 0 Å². The maximum Gasteiger partial charge on any atom is 0.390 e. The fourth-order valence-electron chi connectivity index (χ4n) is 1.42. The highest BCUT2D eigenvalue weighted by molar-refractivity contribution is 9.10. The maximum absolute atomic E-state index is 12.0. The zero-order valence-electron chi connectivity index (χ0n) is 10.1. The molecule has 102 valence electrons. The summed E-state index contributed by atoms with van der Waals surface area (Å²) in [7, 11) is 1.69. The van der Waals surface area contributed by atoms with E-state index in [-0.39, 0.29) is 6.54 Å². The summed E-state index contributed by atoms with van der Waals surface area (Å²) in [6.07, 6.45) is -4.84. The number of anilines is 1. The molecule has 1 aromatic carbocycles. The van der Waals surface area contributed by atoms with Crippen molar-refractivity contribution >= 4 is 21.6 Å². The van der Waals surface area contributed by atoms with Gasteiger partial charge in [0.15, 0.2) is 0 Å². The molecule has 0 aliphatic heterocycles. The van der Waals surface area contributed by atoms with Crippen molar-refractivity contribution in [1.82, 2.24) is 4.90 Å². The fourth-order valence-corrected chi connectivity index (χ4v) is 1.82. The van der Waals surface area contributed by atoms with Crippen molar-refractivity contribution in [3.05, 3.63) is 28.7 Å². The lowest BCUT2D eigenvalue weighted by molar-refractivity contribution is -0.137. The summed E-state index contributed by atoms with van der Waals surface area (Å²) in [4.78, 5) is 1.67. The Morgan fingerprint density at radius 3 is 2.61 bits per heavy atom. The van der Waals surface area contributed by atoms with Gasteiger partial charge in [-0.15, -0.1) is 0 Å². The lowest BCUT2D eigenvalue weighted by Gasteiger charge is -2.18. The topological polar surface area (TPSA) is 15.3 Å². The van der Waals surface area contributed by atoms with E-state index in [9.17, 15) is 13.2 Å². The van der Waals surface area contributed by atoms with E-state index in [2.05, 4.69) is 21.2 Å². The minimum atomic E-state index is -4.08. The fraction of sp³-hybridized carbons (Fsp3) is 0.500. The van der Waals surface area contributed by atoms with E-state index in [1.807, 2.05) is 24.3 Å². The Hall–Kier alpha value is -0.750. The third-order valence-electron chi connectivity index (χ3n) is 2.42. The summed E-state index contributed by atoms with van der Waals surface area (Å²) in [6.45, 7) is 1.22. The first kappa shape index (κ1) is 15.3. The molecule has 0 spiro atoms. The van der Waals surface area contributed by atoms with Crippen LogP contribution in [0.3, 0.4) is 0 Å². The quantitative estimate of drug-likeness (QED) is 0.857. The maximum atomic E-state index is 12.0. The van der Waals surface area contributed by atoms with Crippen LogP contribution in [0.2, 0.25) is 0 Å². The number of hydrogen-bond acceptors (Lipinski definition) is 2. The molecule has 0 saturated heterocycles. The van der Waals surface area contributed by atoms with E-state index < -0.39 is 12.6 Å². The second kappa shape index (κ2) is 6.99. The minimum absolute atomic E-state index is 0.0314. The number of hydrogen-bond donors (Lipinski definition) is 1. The van der Waals surface area contributed by atoms with Gasteiger partial charge in [-0.25, -0.2) is 0 Å². The molecular formula is C12H16BrF3N2. The third kappa shape index (κ3) is 6.86. The van der Waals surface area contributed by atoms with Crippen LogP contribution in [0.15, 0.2) is 28.7 Å². The lowest BCUT2D eigenvalue weighted by atomic mass is 10.3. The summed E-state index contributed by atoms with van der Waals surface area (Å²) < 4.78 is 37.0. The summed E-state index contributed by atoms with van der Waals surface area (Å²) in [5, 5.41) is 3.16. The van der Waals surface area contributed by atoms with Crippen LogP contribution in [0.1, 0.15) is 6.42 Å². The summed E-state index contributed by atoms with van der Waals surface area (Å²) >= 11 is 3.35. The van der Waals surface area contributed by atoms with Crippen LogP contribution in [0.5, 0.6) is 0 Å². The Morgan fingerprint density at radius 2 is 2.00 bits per heavy atom. The van der Waals surface area contributed by atoms with E-state index in [4.69, 9.17) is 0 Å². The SMILES string of the molecule is CN(CCNc1cccc(Br)c1)CCC(F)(F)F. The molecule has 0 fully saturated rings. The first-order valence-electron chi connectivity index (χ1n) is 5.61. The number of likely N-dealkylation sites (N-methyl/N-ethyl adjacent to an activating group) is 1. The van der Waals surface area contributed by atoms with Gasteiger partial charge in [0, 0.05) is 29.8 Å². The van der Waals surface area contributed by atoms with E-state index in [1.165, 1.54) is 0 Å². The molecule has 1 aromatic rings. The van der Waals surface area contributed by atoms with Crippen molar-refractivity contribution in [3.8, 4) is 0 Å². The molecule has 0 atom stereocenters. The molecule has 2 nitrogen and oxygen atoms in total. The second-order valence-electron chi connectivity index (χ2n) is 4.11. The Balaban J connectivity index is 2.21. The third-order valence-corrected chi connectivity index (χ3v) is 2.92. The zero-order valence-corrected chi connectivity index (χ0v) is 11.7. The van der Waals surface area contributed by atoms with Gasteiger partial charge in [0.1, 0.15) is 0 Å². The number of nitrogens with zero attached hydrogens (tertiary/aromatic N) is 1. The normalized spacial score (nSPS) is 11.9. The van der Waals surface area contributed by atoms with E-state index >= 15 is 0 Å². The van der Waals surface area contributed by atoms with Gasteiger partial charge in [0.2, 0.25) is 0 Å². The molecule has 0 saturated carbocycles. The Bertz CT molecular complexity index is 369. The Kier molecular flexibility index (Phi) is 5.95. The molecule has 0 radical (unpaired) electrons. The number of rotatable bonds is 6. The van der Waals surface area contributed by atoms with Crippen LogP contribution < -0.4 is 5.32 Å². The van der Waals surface area contributed by atoms with Crippen LogP contribution in [0.4, 0.5) is 18.9 Å². The molecule has 0 aliphatic rings. The zero-order chi connectivity index (χ0) is 13.6. The van der Waals surface area contributed by atoms with Crippen molar-refractivity contribution in [2.75, 3.05) is 32.0 Å². The first-order valence-corrected chi connectivity index (χ1v) is 6.41. The number of benzene rings is 1. The number of alkyl halides is 3. The van der Waals surface area contributed by atoms with Crippen LogP contribution in [-0.4, -0.2) is 37.8 Å². The highest BCUT2D eigenvalue weighted by Gasteiger charge is 2.26. The largest absolute Gasteiger partial charge is 0.390 e. The van der Waals surface area contributed by atoms with Crippen molar-refractivity contribution in [2.45, 2.75) is 12.6 Å². The van der Waals surface area contributed by atoms with Crippen LogP contribution in [0.25, 0.3) is 0 Å². The molecular weight excluding hydrogens is 309 g/mol. The average Bonchev–Trinajstić information content (AvgIpc) is 2.25. The molecule has 0 aliphatic carbocycles. The van der Waals surface area contributed by atoms with Gasteiger partial charge < -0.3 is 10.2 Å². The molecule has 6 heteroatoms. The first-order chi connectivity index (χ1) is 8.37. The molecule has 0 amide bonds. The molecule has 1 rings (SSSR count). The molecule has 0 heterocycles. The van der Waals surface area contributed by atoms with E-state index in [0.717, 1.165) is 10.2 Å². The molecule has 0 unspecified atom stereocenters. The van der Waals surface area contributed by atoms with Gasteiger partial charge in [-0.3, -0.25) is 0 Å². The van der Waals surface area contributed by atoms with E-state index in [1.54, 1.807) is 11.9 Å². The standard InChI is InChI=1S/C12H16BrF3N2/c1-18(7-5-12(14,15)16)8-6-17-11-4-2-3-10(13)9-11/h2-4,9,17H,5-8H2,1H3. The van der Waals surface area contributed by atoms with Gasteiger partial charge in [-0.1, -0.05) is 22.0 Å². The molecule has 18 heavy (non-hydrogen) atoms. The highest BCUT2D eigenvalue weighted by Crippen LogP contribution is 2.19. The molecule has 0 aromatic heterocycles. The highest BCUT2D eigenvalue weighted by atomic mass is 79.9. The van der Waals surface area contributed by atoms with Crippen LogP contribution in [0, 0.1) is 0 Å². The number of nitrogens with one attached hydrogen (secondary N) is 1. The second-order valence-corrected chi connectivity index (χ2v) is 5.02. The van der Waals surface area contributed by atoms with E-state index in [0.29, 0.717) is 13.1 Å². The Labute approximate surface area is 113 Å². The van der Waals surface area contributed by atoms with Crippen molar-refractivity contribution in [3.63, 3.8) is 0 Å². The lowest BCUT2D eigenvalue weighted by Crippen LogP contribution is -2.29. The predicted molar refractivity (Wildman–Crippen MR) is 70.8 cm³/mol. The van der Waals surface area contributed by atoms with Gasteiger partial charge in [0.05, 0.1) is 6.42 Å². The average molecular weight is 325 g/mol. The summed E-state index contributed by atoms with van der Waals surface area (Å²) in [5.74, 6) is 0. The summed E-state index contributed by atoms with van der Waals surface area (Å²) in [6, 6.07) is 7.66. The monoisotopic (exact) mass is 324 g/mol. The molecule has 0 bridgehead atoms. The van der Waals surface area contributed by atoms with Crippen LogP contribution >= 0.6 is 15.9 Å². The smallest absolute Gasteiger partial charge is 0.384 e.